The van der Waals surface area contributed by atoms with Crippen LogP contribution in [0.15, 0.2) is 312 Å². The van der Waals surface area contributed by atoms with Gasteiger partial charge < -0.3 is 13.7 Å². The molecule has 0 atom stereocenters. The van der Waals surface area contributed by atoms with Crippen molar-refractivity contribution in [2.75, 3.05) is 9.80 Å². The van der Waals surface area contributed by atoms with Gasteiger partial charge in [0, 0.05) is 56.9 Å². The van der Waals surface area contributed by atoms with Gasteiger partial charge in [-0.3, -0.25) is 9.88 Å². The molecule has 18 rings (SSSR count). The zero-order valence-electron chi connectivity index (χ0n) is 47.5. The molecule has 6 heteroatoms. The van der Waals surface area contributed by atoms with Gasteiger partial charge in [-0.1, -0.05) is 212 Å². The Bertz CT molecular complexity index is 5810. The van der Waals surface area contributed by atoms with Crippen LogP contribution in [0.2, 0.25) is 0 Å². The van der Waals surface area contributed by atoms with Crippen LogP contribution in [0.5, 0.6) is 0 Å². The monoisotopic (exact) mass is 1120 g/mol. The van der Waals surface area contributed by atoms with Gasteiger partial charge in [-0.05, 0) is 171 Å². The van der Waals surface area contributed by atoms with E-state index >= 15 is 0 Å². The van der Waals surface area contributed by atoms with Gasteiger partial charge in [0.25, 0.3) is 0 Å². The van der Waals surface area contributed by atoms with E-state index in [2.05, 4.69) is 283 Å². The maximum Gasteiger partial charge on any atom is 0.181 e. The smallest absolute Gasteiger partial charge is 0.181 e. The van der Waals surface area contributed by atoms with Crippen molar-refractivity contribution in [1.29, 1.82) is 0 Å². The van der Waals surface area contributed by atoms with Gasteiger partial charge in [0.2, 0.25) is 0 Å². The highest BCUT2D eigenvalue weighted by atomic mass is 16.3. The van der Waals surface area contributed by atoms with Gasteiger partial charge in [-0.15, -0.1) is 0 Å². The molecule has 18 aromatic rings. The van der Waals surface area contributed by atoms with E-state index < -0.39 is 0 Å². The number of anilines is 6. The highest BCUT2D eigenvalue weighted by molar-refractivity contribution is 6.23. The molecule has 0 amide bonds. The van der Waals surface area contributed by atoms with Crippen molar-refractivity contribution >= 4 is 143 Å². The lowest BCUT2D eigenvalue weighted by Crippen LogP contribution is -2.12. The lowest BCUT2D eigenvalue weighted by atomic mass is 9.93. The summed E-state index contributed by atoms with van der Waals surface area (Å²) in [5, 5.41) is 17.2. The molecule has 0 aliphatic heterocycles. The summed E-state index contributed by atoms with van der Waals surface area (Å²) in [6.45, 7) is 0. The first-order valence-electron chi connectivity index (χ1n) is 29.8. The second-order valence-electron chi connectivity index (χ2n) is 22.8. The third-order valence-corrected chi connectivity index (χ3v) is 17.9. The van der Waals surface area contributed by atoms with Gasteiger partial charge in [-0.2, -0.15) is 0 Å². The van der Waals surface area contributed by atoms with Crippen molar-refractivity contribution < 1.29 is 8.83 Å². The molecular weight excluding hydrogens is 1070 g/mol. The molecule has 0 aliphatic rings. The average molecular weight is 1120 g/mol. The van der Waals surface area contributed by atoms with Gasteiger partial charge in [0.1, 0.15) is 16.7 Å². The standard InChI is InChI=1S/C82H50N4O2/c1-3-13-51(14-4-1)53-27-36-61(37-28-53)85(74-45-46-83-79-70-20-10-12-22-76(70)87-80(74)79)63-40-31-56-33-43-67-65-42-34-60(47-59(65)35-44-68(67)71(56)48-63)73-50-84-82(81-78(73)69-19-9-11-21-75(69)88-81)86(62-38-29-54(30-39-62)52-15-5-2-6-16-52)64-41-32-57-24-26-58-25-23-55-17-7-8-18-66(55)77(58)72(57)49-64/h1-50H. The second-order valence-corrected chi connectivity index (χ2v) is 22.8. The van der Waals surface area contributed by atoms with E-state index in [1.165, 1.54) is 54.0 Å². The molecular formula is C82H50N4O2. The molecule has 0 aliphatic carbocycles. The van der Waals surface area contributed by atoms with Crippen molar-refractivity contribution in [2.45, 2.75) is 0 Å². The lowest BCUT2D eigenvalue weighted by Gasteiger charge is -2.26. The van der Waals surface area contributed by atoms with E-state index in [9.17, 15) is 0 Å². The molecule has 6 nitrogen and oxygen atoms in total. The molecule has 410 valence electrons. The number of pyridine rings is 2. The molecule has 88 heavy (non-hydrogen) atoms. The van der Waals surface area contributed by atoms with Gasteiger partial charge >= 0.3 is 0 Å². The van der Waals surface area contributed by atoms with E-state index in [0.717, 1.165) is 111 Å². The summed E-state index contributed by atoms with van der Waals surface area (Å²) in [5.41, 5.74) is 15.4. The SMILES string of the molecule is c1ccc(-c2ccc(N(c3ccc4ccc5c6ccc(-c7cnc(N(c8ccc(-c9ccccc9)cc8)c8ccc9ccc%10ccc%11ccccc%11c%10c9c8)c8oc9ccccc9c78)cc6ccc5c4c3)c3ccnc4c3oc3ccccc34)cc2)cc1. The zero-order valence-corrected chi connectivity index (χ0v) is 47.5. The van der Waals surface area contributed by atoms with Crippen LogP contribution in [0.4, 0.5) is 34.3 Å². The van der Waals surface area contributed by atoms with Crippen LogP contribution in [-0.2, 0) is 0 Å². The van der Waals surface area contributed by atoms with Crippen LogP contribution in [0.3, 0.4) is 0 Å². The summed E-state index contributed by atoms with van der Waals surface area (Å²) in [6, 6.07) is 104. The molecule has 0 unspecified atom stereocenters. The number of nitrogens with zero attached hydrogens (tertiary/aromatic N) is 4. The molecule has 0 N–H and O–H groups in total. The van der Waals surface area contributed by atoms with Crippen molar-refractivity contribution in [2.24, 2.45) is 0 Å². The highest BCUT2D eigenvalue weighted by Gasteiger charge is 2.26. The Labute approximate surface area is 505 Å². The summed E-state index contributed by atoms with van der Waals surface area (Å²) < 4.78 is 13.8. The predicted octanol–water partition coefficient (Wildman–Crippen LogP) is 23.1. The first kappa shape index (κ1) is 49.6. The topological polar surface area (TPSA) is 58.5 Å². The normalized spacial score (nSPS) is 11.9. The van der Waals surface area contributed by atoms with E-state index in [1.807, 2.05) is 30.5 Å². The molecule has 0 fully saturated rings. The van der Waals surface area contributed by atoms with E-state index in [4.69, 9.17) is 18.8 Å². The molecule has 4 heterocycles. The number of furan rings is 2. The van der Waals surface area contributed by atoms with Crippen LogP contribution in [0.25, 0.3) is 142 Å². The molecule has 0 radical (unpaired) electrons. The fourth-order valence-electron chi connectivity index (χ4n) is 13.7. The Morgan fingerprint density at radius 3 is 1.49 bits per heavy atom. The average Bonchev–Trinajstić information content (AvgIpc) is 3.21. The summed E-state index contributed by atoms with van der Waals surface area (Å²) in [7, 11) is 0. The summed E-state index contributed by atoms with van der Waals surface area (Å²) in [4.78, 5) is 14.9. The first-order chi connectivity index (χ1) is 43.6. The highest BCUT2D eigenvalue weighted by Crippen LogP contribution is 2.48. The van der Waals surface area contributed by atoms with Gasteiger partial charge in [0.15, 0.2) is 17.0 Å². The van der Waals surface area contributed by atoms with E-state index in [0.29, 0.717) is 11.4 Å². The zero-order chi connectivity index (χ0) is 57.8. The molecule has 0 spiro atoms. The fourth-order valence-corrected chi connectivity index (χ4v) is 13.7. The summed E-state index contributed by atoms with van der Waals surface area (Å²) in [6.07, 6.45) is 3.94. The Hall–Kier alpha value is -11.9. The minimum absolute atomic E-state index is 0.707. The number of fused-ring (bicyclic) bond motifs is 16. The third-order valence-electron chi connectivity index (χ3n) is 17.9. The lowest BCUT2D eigenvalue weighted by molar-refractivity contribution is 0.667. The number of para-hydroxylation sites is 2. The van der Waals surface area contributed by atoms with E-state index in [-0.39, 0.29) is 0 Å². The summed E-state index contributed by atoms with van der Waals surface area (Å²) in [5.74, 6) is 0.707. The quantitative estimate of drug-likeness (QED) is 0.134. The number of rotatable bonds is 9. The van der Waals surface area contributed by atoms with E-state index in [1.54, 1.807) is 0 Å². The number of hydrogen-bond acceptors (Lipinski definition) is 6. The summed E-state index contributed by atoms with van der Waals surface area (Å²) >= 11 is 0. The molecule has 4 aromatic heterocycles. The Morgan fingerprint density at radius 1 is 0.273 bits per heavy atom. The minimum Gasteiger partial charge on any atom is -0.452 e. The van der Waals surface area contributed by atoms with Crippen LogP contribution in [0, 0.1) is 0 Å². The van der Waals surface area contributed by atoms with Crippen LogP contribution in [0.1, 0.15) is 0 Å². The maximum absolute atomic E-state index is 7.09. The molecule has 0 saturated carbocycles. The van der Waals surface area contributed by atoms with Crippen LogP contribution in [-0.4, -0.2) is 9.97 Å². The second kappa shape index (κ2) is 19.9. The van der Waals surface area contributed by atoms with Crippen LogP contribution < -0.4 is 9.80 Å². The number of hydrogen-bond donors (Lipinski definition) is 0. The molecule has 0 bridgehead atoms. The third kappa shape index (κ3) is 7.97. The predicted molar refractivity (Wildman–Crippen MR) is 367 cm³/mol. The molecule has 0 saturated heterocycles. The Morgan fingerprint density at radius 2 is 0.761 bits per heavy atom. The Kier molecular flexibility index (Phi) is 11.2. The first-order valence-corrected chi connectivity index (χ1v) is 29.8. The van der Waals surface area contributed by atoms with Crippen LogP contribution >= 0.6 is 0 Å². The van der Waals surface area contributed by atoms with Crippen molar-refractivity contribution in [1.82, 2.24) is 9.97 Å². The van der Waals surface area contributed by atoms with Crippen molar-refractivity contribution in [3.05, 3.63) is 304 Å². The number of aromatic nitrogens is 2. The Balaban J connectivity index is 0.782. The number of benzene rings is 14. The van der Waals surface area contributed by atoms with Crippen molar-refractivity contribution in [3.63, 3.8) is 0 Å². The fraction of sp³-hybridized carbons (Fsp3) is 0. The van der Waals surface area contributed by atoms with Gasteiger partial charge in [-0.25, -0.2) is 4.98 Å². The largest absolute Gasteiger partial charge is 0.452 e. The maximum atomic E-state index is 7.09. The minimum atomic E-state index is 0.707. The van der Waals surface area contributed by atoms with Gasteiger partial charge in [0.05, 0.1) is 5.69 Å². The van der Waals surface area contributed by atoms with Crippen molar-refractivity contribution in [3.8, 4) is 33.4 Å². The molecule has 14 aromatic carbocycles.